The molecule has 2 aromatic carbocycles. The van der Waals surface area contributed by atoms with Gasteiger partial charge in [-0.1, -0.05) is 11.6 Å². The molecule has 1 heterocycles. The Morgan fingerprint density at radius 3 is 2.50 bits per heavy atom. The van der Waals surface area contributed by atoms with Crippen LogP contribution in [0.2, 0.25) is 5.02 Å². The molecule has 1 aromatic heterocycles. The zero-order valence-electron chi connectivity index (χ0n) is 15.1. The summed E-state index contributed by atoms with van der Waals surface area (Å²) in [4.78, 5) is 19.9. The minimum atomic E-state index is -0.813. The lowest BCUT2D eigenvalue weighted by atomic mass is 10.2. The van der Waals surface area contributed by atoms with E-state index >= 15 is 0 Å². The summed E-state index contributed by atoms with van der Waals surface area (Å²) in [6.45, 7) is 3.33. The predicted octanol–water partition coefficient (Wildman–Crippen LogP) is 4.29. The number of carbonyl (C=O) groups is 1. The van der Waals surface area contributed by atoms with E-state index in [1.807, 2.05) is 0 Å². The molecule has 3 aromatic rings. The Kier molecular flexibility index (Phi) is 5.75. The number of hydrogen-bond donors (Lipinski definition) is 1. The molecule has 0 saturated heterocycles. The number of aromatic nitrogens is 2. The first-order chi connectivity index (χ1) is 13.3. The van der Waals surface area contributed by atoms with E-state index in [1.165, 1.54) is 12.1 Å². The highest BCUT2D eigenvalue weighted by molar-refractivity contribution is 6.30. The molecule has 0 aliphatic heterocycles. The van der Waals surface area contributed by atoms with E-state index in [4.69, 9.17) is 26.8 Å². The number of rotatable bonds is 6. The molecule has 0 spiro atoms. The summed E-state index contributed by atoms with van der Waals surface area (Å²) in [6.07, 6.45) is -0.813. The number of primary amides is 1. The second kappa shape index (κ2) is 8.22. The van der Waals surface area contributed by atoms with Gasteiger partial charge in [-0.25, -0.2) is 9.37 Å². The van der Waals surface area contributed by atoms with Gasteiger partial charge in [0.25, 0.3) is 5.91 Å². The van der Waals surface area contributed by atoms with Crippen molar-refractivity contribution in [3.8, 4) is 28.8 Å². The number of benzene rings is 2. The number of carbonyl (C=O) groups excluding carboxylic acids is 1. The largest absolute Gasteiger partial charge is 0.464 e. The summed E-state index contributed by atoms with van der Waals surface area (Å²) in [5.41, 5.74) is 6.58. The highest BCUT2D eigenvalue weighted by Crippen LogP contribution is 2.28. The summed E-state index contributed by atoms with van der Waals surface area (Å²) in [6, 6.07) is 12.6. The molecule has 1 amide bonds. The minimum Gasteiger partial charge on any atom is -0.464 e. The molecule has 3 rings (SSSR count). The van der Waals surface area contributed by atoms with Crippen molar-refractivity contribution in [3.05, 3.63) is 65.1 Å². The number of amides is 1. The average molecular weight is 402 g/mol. The van der Waals surface area contributed by atoms with Crippen LogP contribution in [0.1, 0.15) is 12.6 Å². The molecule has 0 bridgehead atoms. The summed E-state index contributed by atoms with van der Waals surface area (Å²) < 4.78 is 24.8. The molecule has 0 saturated carbocycles. The molecule has 1 unspecified atom stereocenters. The van der Waals surface area contributed by atoms with Crippen LogP contribution in [-0.4, -0.2) is 22.0 Å². The fraction of sp³-hybridized carbons (Fsp3) is 0.150. The van der Waals surface area contributed by atoms with Crippen LogP contribution in [-0.2, 0) is 4.79 Å². The van der Waals surface area contributed by atoms with Gasteiger partial charge in [0, 0.05) is 22.3 Å². The van der Waals surface area contributed by atoms with Crippen molar-refractivity contribution in [2.45, 2.75) is 20.0 Å². The topological polar surface area (TPSA) is 87.3 Å². The third-order valence-corrected chi connectivity index (χ3v) is 4.00. The molecule has 1 atom stereocenters. The van der Waals surface area contributed by atoms with E-state index in [2.05, 4.69) is 9.97 Å². The lowest BCUT2D eigenvalue weighted by molar-refractivity contribution is -0.124. The quantitative estimate of drug-likeness (QED) is 0.665. The molecule has 6 nitrogen and oxygen atoms in total. The fourth-order valence-electron chi connectivity index (χ4n) is 2.33. The average Bonchev–Trinajstić information content (AvgIpc) is 2.64. The monoisotopic (exact) mass is 401 g/mol. The Bertz CT molecular complexity index is 1010. The second-order valence-corrected chi connectivity index (χ2v) is 6.47. The van der Waals surface area contributed by atoms with E-state index in [9.17, 15) is 9.18 Å². The lowest BCUT2D eigenvalue weighted by Gasteiger charge is -2.12. The highest BCUT2D eigenvalue weighted by Gasteiger charge is 2.13. The van der Waals surface area contributed by atoms with Gasteiger partial charge >= 0.3 is 0 Å². The summed E-state index contributed by atoms with van der Waals surface area (Å²) in [5, 5.41) is 0.292. The fourth-order valence-corrected chi connectivity index (χ4v) is 2.48. The zero-order chi connectivity index (χ0) is 20.3. The van der Waals surface area contributed by atoms with Gasteiger partial charge in [0.2, 0.25) is 5.88 Å². The van der Waals surface area contributed by atoms with Crippen LogP contribution in [0, 0.1) is 12.7 Å². The molecule has 0 radical (unpaired) electrons. The van der Waals surface area contributed by atoms with Gasteiger partial charge in [-0.3, -0.25) is 4.79 Å². The second-order valence-electron chi connectivity index (χ2n) is 6.03. The molecule has 8 heteroatoms. The molecule has 2 N–H and O–H groups in total. The van der Waals surface area contributed by atoms with E-state index in [-0.39, 0.29) is 11.6 Å². The van der Waals surface area contributed by atoms with Crippen LogP contribution < -0.4 is 15.2 Å². The normalized spacial score (nSPS) is 11.7. The first-order valence-electron chi connectivity index (χ1n) is 8.37. The van der Waals surface area contributed by atoms with E-state index in [0.29, 0.717) is 27.9 Å². The van der Waals surface area contributed by atoms with Gasteiger partial charge in [0.1, 0.15) is 5.75 Å². The predicted molar refractivity (Wildman–Crippen MR) is 103 cm³/mol. The van der Waals surface area contributed by atoms with E-state index < -0.39 is 17.8 Å². The lowest BCUT2D eigenvalue weighted by Crippen LogP contribution is -2.31. The number of aryl methyl sites for hydroxylation is 1. The van der Waals surface area contributed by atoms with Crippen molar-refractivity contribution in [2.24, 2.45) is 5.73 Å². The third kappa shape index (κ3) is 4.75. The van der Waals surface area contributed by atoms with Crippen molar-refractivity contribution in [1.82, 2.24) is 9.97 Å². The number of nitrogens with zero attached hydrogens (tertiary/aromatic N) is 2. The molecule has 28 heavy (non-hydrogen) atoms. The van der Waals surface area contributed by atoms with Crippen LogP contribution in [0.25, 0.3) is 11.4 Å². The Labute approximate surface area is 166 Å². The Balaban J connectivity index is 1.81. The van der Waals surface area contributed by atoms with E-state index in [1.54, 1.807) is 50.2 Å². The number of nitrogens with two attached hydrogens (primary N) is 1. The highest BCUT2D eigenvalue weighted by atomic mass is 35.5. The van der Waals surface area contributed by atoms with Gasteiger partial charge in [-0.15, -0.1) is 0 Å². The number of ether oxygens (including phenoxy) is 2. The molecule has 144 valence electrons. The van der Waals surface area contributed by atoms with Crippen molar-refractivity contribution < 1.29 is 18.7 Å². The first kappa shape index (κ1) is 19.6. The smallest absolute Gasteiger partial charge is 0.258 e. The number of hydrogen-bond acceptors (Lipinski definition) is 5. The Morgan fingerprint density at radius 2 is 1.86 bits per heavy atom. The van der Waals surface area contributed by atoms with Gasteiger partial charge < -0.3 is 15.2 Å². The maximum Gasteiger partial charge on any atom is 0.258 e. The van der Waals surface area contributed by atoms with Crippen molar-refractivity contribution >= 4 is 17.5 Å². The van der Waals surface area contributed by atoms with Crippen LogP contribution in [0.3, 0.4) is 0 Å². The van der Waals surface area contributed by atoms with Crippen LogP contribution >= 0.6 is 11.6 Å². The molecule has 0 aliphatic rings. The van der Waals surface area contributed by atoms with Crippen molar-refractivity contribution in [3.63, 3.8) is 0 Å². The van der Waals surface area contributed by atoms with Crippen LogP contribution in [0.4, 0.5) is 4.39 Å². The van der Waals surface area contributed by atoms with Gasteiger partial charge in [-0.2, -0.15) is 4.98 Å². The molecular weight excluding hydrogens is 385 g/mol. The maximum atomic E-state index is 13.9. The standard InChI is InChI=1S/C20H17ClFN3O3/c1-11-9-18(27-12(2)19(23)26)25-20(24-11)13-3-6-15(7-4-13)28-17-8-5-14(21)10-16(17)22/h3-10,12H,1-2H3,(H2,23,26). The number of halogens is 2. The summed E-state index contributed by atoms with van der Waals surface area (Å²) in [7, 11) is 0. The van der Waals surface area contributed by atoms with Crippen LogP contribution in [0.5, 0.6) is 17.4 Å². The summed E-state index contributed by atoms with van der Waals surface area (Å²) >= 11 is 5.74. The third-order valence-electron chi connectivity index (χ3n) is 3.76. The molecule has 0 aliphatic carbocycles. The van der Waals surface area contributed by atoms with Gasteiger partial charge in [0.05, 0.1) is 0 Å². The Morgan fingerprint density at radius 1 is 1.14 bits per heavy atom. The molecule has 0 fully saturated rings. The van der Waals surface area contributed by atoms with E-state index in [0.717, 1.165) is 0 Å². The van der Waals surface area contributed by atoms with Gasteiger partial charge in [-0.05, 0) is 56.3 Å². The van der Waals surface area contributed by atoms with Crippen LogP contribution in [0.15, 0.2) is 48.5 Å². The Hall–Kier alpha value is -3.19. The SMILES string of the molecule is Cc1cc(OC(C)C(N)=O)nc(-c2ccc(Oc3ccc(Cl)cc3F)cc2)n1. The maximum absolute atomic E-state index is 13.9. The molecular formula is C20H17ClFN3O3. The van der Waals surface area contributed by atoms with Gasteiger partial charge in [0.15, 0.2) is 23.5 Å². The van der Waals surface area contributed by atoms with Crippen molar-refractivity contribution in [2.75, 3.05) is 0 Å². The zero-order valence-corrected chi connectivity index (χ0v) is 15.9. The van der Waals surface area contributed by atoms with Crippen molar-refractivity contribution in [1.29, 1.82) is 0 Å². The minimum absolute atomic E-state index is 0.0695. The summed E-state index contributed by atoms with van der Waals surface area (Å²) in [5.74, 6) is 0.0301. The first-order valence-corrected chi connectivity index (χ1v) is 8.74.